The molecule has 2 rings (SSSR count). The molecule has 2 nitrogen and oxygen atoms in total. The zero-order valence-electron chi connectivity index (χ0n) is 9.37. The van der Waals surface area contributed by atoms with Crippen LogP contribution < -0.4 is 11.1 Å². The number of nitrogens with two attached hydrogens (primary N) is 1. The Kier molecular flexibility index (Phi) is 3.39. The number of piperidine rings is 1. The Labute approximate surface area is 91.9 Å². The minimum atomic E-state index is 0.601. The maximum absolute atomic E-state index is 5.84. The van der Waals surface area contributed by atoms with Crippen LogP contribution in [-0.4, -0.2) is 19.6 Å². The van der Waals surface area contributed by atoms with Gasteiger partial charge in [0.2, 0.25) is 0 Å². The average Bonchev–Trinajstić information content (AvgIpc) is 2.29. The summed E-state index contributed by atoms with van der Waals surface area (Å²) in [5.41, 5.74) is 8.63. The zero-order chi connectivity index (χ0) is 10.7. The van der Waals surface area contributed by atoms with E-state index in [1.165, 1.54) is 17.5 Å². The molecule has 0 radical (unpaired) electrons. The van der Waals surface area contributed by atoms with E-state index >= 15 is 0 Å². The van der Waals surface area contributed by atoms with Crippen molar-refractivity contribution in [1.29, 1.82) is 0 Å². The van der Waals surface area contributed by atoms with Crippen LogP contribution in [0, 0.1) is 12.8 Å². The van der Waals surface area contributed by atoms with Gasteiger partial charge in [-0.25, -0.2) is 0 Å². The highest BCUT2D eigenvalue weighted by Gasteiger charge is 2.24. The maximum atomic E-state index is 5.84. The minimum Gasteiger partial charge on any atom is -0.330 e. The second-order valence-corrected chi connectivity index (χ2v) is 4.51. The monoisotopic (exact) mass is 204 g/mol. The Bertz CT molecular complexity index is 322. The van der Waals surface area contributed by atoms with E-state index in [0.29, 0.717) is 11.8 Å². The summed E-state index contributed by atoms with van der Waals surface area (Å²) in [5, 5.41) is 3.46. The van der Waals surface area contributed by atoms with E-state index in [1.807, 2.05) is 0 Å². The Hall–Kier alpha value is -0.860. The Morgan fingerprint density at radius 1 is 1.47 bits per heavy atom. The lowest BCUT2D eigenvalue weighted by Crippen LogP contribution is -2.38. The molecule has 1 aromatic rings. The van der Waals surface area contributed by atoms with Crippen molar-refractivity contribution in [3.05, 3.63) is 35.4 Å². The van der Waals surface area contributed by atoms with Crippen LogP contribution in [0.5, 0.6) is 0 Å². The predicted molar refractivity (Wildman–Crippen MR) is 64.0 cm³/mol. The van der Waals surface area contributed by atoms with E-state index in [9.17, 15) is 0 Å². The minimum absolute atomic E-state index is 0.601. The smallest absolute Gasteiger partial charge is 0.00233 e. The molecule has 0 amide bonds. The fourth-order valence-electron chi connectivity index (χ4n) is 2.49. The molecule has 2 heteroatoms. The molecule has 82 valence electrons. The molecule has 1 aliphatic rings. The van der Waals surface area contributed by atoms with Gasteiger partial charge in [-0.1, -0.05) is 29.8 Å². The van der Waals surface area contributed by atoms with E-state index in [0.717, 1.165) is 19.6 Å². The van der Waals surface area contributed by atoms with Crippen molar-refractivity contribution in [2.75, 3.05) is 19.6 Å². The van der Waals surface area contributed by atoms with Crippen LogP contribution in [0.15, 0.2) is 24.3 Å². The first-order valence-corrected chi connectivity index (χ1v) is 5.78. The SMILES string of the molecule is Cc1cccc(C2CNCCC2CN)c1. The van der Waals surface area contributed by atoms with Crippen molar-refractivity contribution in [2.45, 2.75) is 19.3 Å². The molecule has 1 aromatic carbocycles. The quantitative estimate of drug-likeness (QED) is 0.768. The standard InChI is InChI=1S/C13H20N2/c1-10-3-2-4-11(7-10)13-9-15-6-5-12(13)8-14/h2-4,7,12-13,15H,5-6,8-9,14H2,1H3. The van der Waals surface area contributed by atoms with Crippen LogP contribution in [0.25, 0.3) is 0 Å². The van der Waals surface area contributed by atoms with Crippen molar-refractivity contribution >= 4 is 0 Å². The average molecular weight is 204 g/mol. The third kappa shape index (κ3) is 2.39. The van der Waals surface area contributed by atoms with Gasteiger partial charge in [-0.15, -0.1) is 0 Å². The van der Waals surface area contributed by atoms with E-state index < -0.39 is 0 Å². The Morgan fingerprint density at radius 2 is 2.33 bits per heavy atom. The number of rotatable bonds is 2. The molecule has 15 heavy (non-hydrogen) atoms. The van der Waals surface area contributed by atoms with E-state index in [4.69, 9.17) is 5.73 Å². The highest BCUT2D eigenvalue weighted by atomic mass is 14.9. The molecule has 1 heterocycles. The third-order valence-corrected chi connectivity index (χ3v) is 3.40. The summed E-state index contributed by atoms with van der Waals surface area (Å²) in [6.45, 7) is 5.15. The van der Waals surface area contributed by atoms with Gasteiger partial charge in [0.05, 0.1) is 0 Å². The van der Waals surface area contributed by atoms with Crippen LogP contribution in [0.1, 0.15) is 23.5 Å². The van der Waals surface area contributed by atoms with Crippen LogP contribution >= 0.6 is 0 Å². The number of aryl methyl sites for hydroxylation is 1. The molecular formula is C13H20N2. The summed E-state index contributed by atoms with van der Waals surface area (Å²) in [7, 11) is 0. The fraction of sp³-hybridized carbons (Fsp3) is 0.538. The van der Waals surface area contributed by atoms with Crippen molar-refractivity contribution in [1.82, 2.24) is 5.32 Å². The number of benzene rings is 1. The highest BCUT2D eigenvalue weighted by Crippen LogP contribution is 2.28. The second-order valence-electron chi connectivity index (χ2n) is 4.51. The molecule has 1 saturated heterocycles. The van der Waals surface area contributed by atoms with E-state index in [1.54, 1.807) is 0 Å². The van der Waals surface area contributed by atoms with Crippen molar-refractivity contribution in [3.8, 4) is 0 Å². The number of hydrogen-bond donors (Lipinski definition) is 2. The summed E-state index contributed by atoms with van der Waals surface area (Å²) >= 11 is 0. The molecule has 0 aliphatic carbocycles. The molecule has 0 saturated carbocycles. The number of hydrogen-bond acceptors (Lipinski definition) is 2. The third-order valence-electron chi connectivity index (χ3n) is 3.40. The molecule has 0 aromatic heterocycles. The largest absolute Gasteiger partial charge is 0.330 e. The Morgan fingerprint density at radius 3 is 3.07 bits per heavy atom. The fourth-order valence-corrected chi connectivity index (χ4v) is 2.49. The normalized spacial score (nSPS) is 26.5. The molecule has 0 spiro atoms. The molecule has 2 unspecified atom stereocenters. The van der Waals surface area contributed by atoms with Crippen LogP contribution in [-0.2, 0) is 0 Å². The molecular weight excluding hydrogens is 184 g/mol. The van der Waals surface area contributed by atoms with Gasteiger partial charge in [0.15, 0.2) is 0 Å². The number of nitrogens with one attached hydrogen (secondary N) is 1. The van der Waals surface area contributed by atoms with Crippen molar-refractivity contribution < 1.29 is 0 Å². The van der Waals surface area contributed by atoms with Gasteiger partial charge in [0.25, 0.3) is 0 Å². The maximum Gasteiger partial charge on any atom is 0.00233 e. The van der Waals surface area contributed by atoms with Gasteiger partial charge in [0.1, 0.15) is 0 Å². The van der Waals surface area contributed by atoms with Gasteiger partial charge in [-0.05, 0) is 37.9 Å². The molecule has 1 fully saturated rings. The predicted octanol–water partition coefficient (Wildman–Crippen LogP) is 1.65. The first kappa shape index (κ1) is 10.7. The van der Waals surface area contributed by atoms with Gasteiger partial charge < -0.3 is 11.1 Å². The van der Waals surface area contributed by atoms with Crippen LogP contribution in [0.3, 0.4) is 0 Å². The van der Waals surface area contributed by atoms with Gasteiger partial charge in [-0.2, -0.15) is 0 Å². The summed E-state index contributed by atoms with van der Waals surface area (Å²) in [4.78, 5) is 0. The first-order valence-electron chi connectivity index (χ1n) is 5.78. The van der Waals surface area contributed by atoms with Crippen molar-refractivity contribution in [3.63, 3.8) is 0 Å². The molecule has 1 aliphatic heterocycles. The first-order chi connectivity index (χ1) is 7.31. The molecule has 3 N–H and O–H groups in total. The Balaban J connectivity index is 2.20. The molecule has 0 bridgehead atoms. The summed E-state index contributed by atoms with van der Waals surface area (Å²) < 4.78 is 0. The van der Waals surface area contributed by atoms with E-state index in [2.05, 4.69) is 36.5 Å². The van der Waals surface area contributed by atoms with E-state index in [-0.39, 0.29) is 0 Å². The summed E-state index contributed by atoms with van der Waals surface area (Å²) in [6, 6.07) is 8.82. The topological polar surface area (TPSA) is 38.0 Å². The zero-order valence-corrected chi connectivity index (χ0v) is 9.37. The van der Waals surface area contributed by atoms with Gasteiger partial charge in [-0.3, -0.25) is 0 Å². The summed E-state index contributed by atoms with van der Waals surface area (Å²) in [5.74, 6) is 1.25. The van der Waals surface area contributed by atoms with Gasteiger partial charge >= 0.3 is 0 Å². The molecule has 2 atom stereocenters. The van der Waals surface area contributed by atoms with Crippen LogP contribution in [0.2, 0.25) is 0 Å². The second kappa shape index (κ2) is 4.77. The highest BCUT2D eigenvalue weighted by molar-refractivity contribution is 5.26. The summed E-state index contributed by atoms with van der Waals surface area (Å²) in [6.07, 6.45) is 1.20. The van der Waals surface area contributed by atoms with Crippen molar-refractivity contribution in [2.24, 2.45) is 11.7 Å². The lowest BCUT2D eigenvalue weighted by molar-refractivity contribution is 0.331. The van der Waals surface area contributed by atoms with Gasteiger partial charge in [0, 0.05) is 12.5 Å². The lowest BCUT2D eigenvalue weighted by atomic mass is 9.81. The van der Waals surface area contributed by atoms with Crippen LogP contribution in [0.4, 0.5) is 0 Å². The lowest BCUT2D eigenvalue weighted by Gasteiger charge is -2.31.